The smallest absolute Gasteiger partial charge is 0.235 e. The Hall–Kier alpha value is -2.00. The molecule has 2 rings (SSSR count). The van der Waals surface area contributed by atoms with Gasteiger partial charge in [-0.2, -0.15) is 4.99 Å². The van der Waals surface area contributed by atoms with Gasteiger partial charge in [0.15, 0.2) is 11.5 Å². The number of aromatic hydroxyl groups is 1. The molecule has 1 fully saturated rings. The Morgan fingerprint density at radius 1 is 1.35 bits per heavy atom. The highest BCUT2D eigenvalue weighted by Crippen LogP contribution is 2.57. The minimum Gasteiger partial charge on any atom is -0.507 e. The second kappa shape index (κ2) is 4.11. The molecule has 1 aromatic carbocycles. The van der Waals surface area contributed by atoms with E-state index in [2.05, 4.69) is 4.99 Å². The lowest BCUT2D eigenvalue weighted by Crippen LogP contribution is -2.07. The molecule has 0 aromatic heterocycles. The van der Waals surface area contributed by atoms with Crippen molar-refractivity contribution in [3.63, 3.8) is 0 Å². The van der Waals surface area contributed by atoms with Crippen LogP contribution in [0.2, 0.25) is 0 Å². The van der Waals surface area contributed by atoms with E-state index in [9.17, 15) is 9.90 Å². The first kappa shape index (κ1) is 11.5. The largest absolute Gasteiger partial charge is 0.507 e. The van der Waals surface area contributed by atoms with Gasteiger partial charge in [0.1, 0.15) is 11.3 Å². The normalized spacial score (nSPS) is 15.9. The molecule has 90 valence electrons. The van der Waals surface area contributed by atoms with Crippen molar-refractivity contribution >= 4 is 6.08 Å². The Morgan fingerprint density at radius 2 is 2.06 bits per heavy atom. The standard InChI is InChI=1S/C12H13NO4/c1-16-9-4-3-8(15)10(11(9)17-2)12(5-6-12)13-7-14/h3-4,15H,5-6H2,1-2H3. The van der Waals surface area contributed by atoms with E-state index >= 15 is 0 Å². The molecule has 0 bridgehead atoms. The molecule has 5 nitrogen and oxygen atoms in total. The van der Waals surface area contributed by atoms with Gasteiger partial charge in [0.2, 0.25) is 6.08 Å². The summed E-state index contributed by atoms with van der Waals surface area (Å²) in [5, 5.41) is 9.92. The molecular weight excluding hydrogens is 222 g/mol. The highest BCUT2D eigenvalue weighted by molar-refractivity contribution is 5.59. The summed E-state index contributed by atoms with van der Waals surface area (Å²) in [5.74, 6) is 0.982. The number of benzene rings is 1. The van der Waals surface area contributed by atoms with E-state index in [0.717, 1.165) is 0 Å². The highest BCUT2D eigenvalue weighted by Gasteiger charge is 2.49. The Kier molecular flexibility index (Phi) is 2.77. The third-order valence-electron chi connectivity index (χ3n) is 2.97. The molecule has 17 heavy (non-hydrogen) atoms. The first-order chi connectivity index (χ1) is 8.18. The van der Waals surface area contributed by atoms with E-state index < -0.39 is 5.54 Å². The van der Waals surface area contributed by atoms with Crippen LogP contribution in [0, 0.1) is 0 Å². The maximum Gasteiger partial charge on any atom is 0.235 e. The molecule has 1 aliphatic carbocycles. The summed E-state index contributed by atoms with van der Waals surface area (Å²) >= 11 is 0. The Morgan fingerprint density at radius 3 is 2.53 bits per heavy atom. The molecule has 0 heterocycles. The van der Waals surface area contributed by atoms with Crippen LogP contribution in [-0.2, 0) is 10.3 Å². The molecule has 1 aliphatic rings. The van der Waals surface area contributed by atoms with Gasteiger partial charge in [0.25, 0.3) is 0 Å². The number of nitrogens with zero attached hydrogens (tertiary/aromatic N) is 1. The van der Waals surface area contributed by atoms with E-state index in [1.165, 1.54) is 20.3 Å². The average Bonchev–Trinajstić information content (AvgIpc) is 3.09. The Labute approximate surface area is 98.7 Å². The molecule has 0 radical (unpaired) electrons. The SMILES string of the molecule is COc1ccc(O)c(C2(N=C=O)CC2)c1OC. The van der Waals surface area contributed by atoms with Crippen LogP contribution >= 0.6 is 0 Å². The molecule has 1 aromatic rings. The van der Waals surface area contributed by atoms with Gasteiger partial charge in [-0.05, 0) is 25.0 Å². The van der Waals surface area contributed by atoms with Gasteiger partial charge >= 0.3 is 0 Å². The van der Waals surface area contributed by atoms with Crippen LogP contribution in [0.15, 0.2) is 17.1 Å². The van der Waals surface area contributed by atoms with E-state index in [1.54, 1.807) is 12.1 Å². The van der Waals surface area contributed by atoms with Gasteiger partial charge in [-0.15, -0.1) is 0 Å². The van der Waals surface area contributed by atoms with Gasteiger partial charge in [0, 0.05) is 0 Å². The van der Waals surface area contributed by atoms with Crippen LogP contribution in [0.25, 0.3) is 0 Å². The van der Waals surface area contributed by atoms with E-state index in [1.807, 2.05) is 0 Å². The number of aliphatic imine (C=N–C) groups is 1. The van der Waals surface area contributed by atoms with Gasteiger partial charge in [0.05, 0.1) is 19.8 Å². The maximum absolute atomic E-state index is 10.5. The van der Waals surface area contributed by atoms with Gasteiger partial charge in [-0.3, -0.25) is 0 Å². The van der Waals surface area contributed by atoms with Crippen LogP contribution in [0.5, 0.6) is 17.2 Å². The average molecular weight is 235 g/mol. The zero-order chi connectivity index (χ0) is 12.5. The van der Waals surface area contributed by atoms with E-state index in [-0.39, 0.29) is 5.75 Å². The number of hydrogen-bond donors (Lipinski definition) is 1. The van der Waals surface area contributed by atoms with Crippen molar-refractivity contribution in [1.82, 2.24) is 0 Å². The summed E-state index contributed by atoms with van der Waals surface area (Å²) in [5.41, 5.74) is -0.186. The summed E-state index contributed by atoms with van der Waals surface area (Å²) in [6.45, 7) is 0. The van der Waals surface area contributed by atoms with Crippen molar-refractivity contribution in [2.24, 2.45) is 4.99 Å². The van der Waals surface area contributed by atoms with Crippen molar-refractivity contribution in [3.8, 4) is 17.2 Å². The summed E-state index contributed by atoms with van der Waals surface area (Å²) in [7, 11) is 3.00. The molecule has 0 spiro atoms. The number of phenols is 1. The van der Waals surface area contributed by atoms with Crippen molar-refractivity contribution in [2.45, 2.75) is 18.4 Å². The molecule has 0 unspecified atom stereocenters. The quantitative estimate of drug-likeness (QED) is 0.637. The zero-order valence-corrected chi connectivity index (χ0v) is 9.69. The van der Waals surface area contributed by atoms with Crippen molar-refractivity contribution in [2.75, 3.05) is 14.2 Å². The number of phenolic OH excluding ortho intramolecular Hbond substituents is 1. The molecular formula is C12H13NO4. The second-order valence-electron chi connectivity index (χ2n) is 3.93. The van der Waals surface area contributed by atoms with Crippen molar-refractivity contribution in [1.29, 1.82) is 0 Å². The topological polar surface area (TPSA) is 68.1 Å². The summed E-state index contributed by atoms with van der Waals surface area (Å²) in [4.78, 5) is 14.2. The number of hydrogen-bond acceptors (Lipinski definition) is 5. The first-order valence-electron chi connectivity index (χ1n) is 5.22. The summed E-state index contributed by atoms with van der Waals surface area (Å²) < 4.78 is 10.4. The van der Waals surface area contributed by atoms with Gasteiger partial charge < -0.3 is 14.6 Å². The predicted octanol–water partition coefficient (Wildman–Crippen LogP) is 1.73. The van der Waals surface area contributed by atoms with Gasteiger partial charge in [-0.1, -0.05) is 0 Å². The summed E-state index contributed by atoms with van der Waals surface area (Å²) in [6.07, 6.45) is 2.94. The van der Waals surface area contributed by atoms with Crippen LogP contribution < -0.4 is 9.47 Å². The molecule has 0 aliphatic heterocycles. The lowest BCUT2D eigenvalue weighted by atomic mass is 10.0. The monoisotopic (exact) mass is 235 g/mol. The fraction of sp³-hybridized carbons (Fsp3) is 0.417. The molecule has 5 heteroatoms. The minimum atomic E-state index is -0.689. The third kappa shape index (κ3) is 1.74. The third-order valence-corrected chi connectivity index (χ3v) is 2.97. The number of rotatable bonds is 4. The maximum atomic E-state index is 10.5. The molecule has 0 atom stereocenters. The number of isocyanates is 1. The van der Waals surface area contributed by atoms with Crippen LogP contribution in [-0.4, -0.2) is 25.4 Å². The van der Waals surface area contributed by atoms with Crippen LogP contribution in [0.1, 0.15) is 18.4 Å². The number of methoxy groups -OCH3 is 2. The van der Waals surface area contributed by atoms with Crippen molar-refractivity contribution in [3.05, 3.63) is 17.7 Å². The van der Waals surface area contributed by atoms with Crippen LogP contribution in [0.3, 0.4) is 0 Å². The fourth-order valence-electron chi connectivity index (χ4n) is 1.99. The minimum absolute atomic E-state index is 0.0548. The Balaban J connectivity index is 2.63. The summed E-state index contributed by atoms with van der Waals surface area (Å²) in [6, 6.07) is 3.12. The molecule has 1 N–H and O–H groups in total. The lowest BCUT2D eigenvalue weighted by molar-refractivity contribution is 0.342. The van der Waals surface area contributed by atoms with E-state index in [0.29, 0.717) is 29.9 Å². The highest BCUT2D eigenvalue weighted by atomic mass is 16.5. The first-order valence-corrected chi connectivity index (χ1v) is 5.22. The molecule has 0 amide bonds. The van der Waals surface area contributed by atoms with Gasteiger partial charge in [-0.25, -0.2) is 4.79 Å². The Bertz CT molecular complexity index is 488. The fourth-order valence-corrected chi connectivity index (χ4v) is 1.99. The lowest BCUT2D eigenvalue weighted by Gasteiger charge is -2.17. The van der Waals surface area contributed by atoms with Crippen molar-refractivity contribution < 1.29 is 19.4 Å². The molecule has 0 saturated heterocycles. The number of ether oxygens (including phenoxy) is 2. The van der Waals surface area contributed by atoms with E-state index in [4.69, 9.17) is 9.47 Å². The second-order valence-corrected chi connectivity index (χ2v) is 3.93. The number of carbonyl (C=O) groups excluding carboxylic acids is 1. The predicted molar refractivity (Wildman–Crippen MR) is 60.2 cm³/mol. The molecule has 1 saturated carbocycles. The van der Waals surface area contributed by atoms with Crippen LogP contribution in [0.4, 0.5) is 0 Å². The zero-order valence-electron chi connectivity index (χ0n) is 9.69.